The molecule has 4 aromatic rings. The van der Waals surface area contributed by atoms with E-state index in [0.29, 0.717) is 55.4 Å². The minimum atomic E-state index is -0.305. The van der Waals surface area contributed by atoms with Gasteiger partial charge in [0.15, 0.2) is 5.76 Å². The molecule has 8 heteroatoms. The van der Waals surface area contributed by atoms with Gasteiger partial charge in [-0.15, -0.1) is 0 Å². The van der Waals surface area contributed by atoms with Gasteiger partial charge in [0.1, 0.15) is 17.2 Å². The van der Waals surface area contributed by atoms with E-state index in [0.717, 1.165) is 11.1 Å². The van der Waals surface area contributed by atoms with Crippen molar-refractivity contribution < 1.29 is 13.5 Å². The molecule has 3 heterocycles. The highest BCUT2D eigenvalue weighted by Crippen LogP contribution is 2.35. The number of nitrogens with one attached hydrogen (secondary N) is 1. The summed E-state index contributed by atoms with van der Waals surface area (Å²) in [6.07, 6.45) is 1.69. The van der Waals surface area contributed by atoms with Crippen molar-refractivity contribution in [3.05, 3.63) is 78.2 Å². The van der Waals surface area contributed by atoms with Crippen LogP contribution in [0.1, 0.15) is 18.5 Å². The monoisotopic (exact) mass is 445 g/mol. The van der Waals surface area contributed by atoms with E-state index in [1.807, 2.05) is 23.1 Å². The number of anilines is 2. The number of ether oxygens (including phenoxy) is 1. The molecular formula is C25H24FN5O2. The van der Waals surface area contributed by atoms with Gasteiger partial charge in [0, 0.05) is 24.8 Å². The van der Waals surface area contributed by atoms with Crippen molar-refractivity contribution in [1.82, 2.24) is 15.0 Å². The summed E-state index contributed by atoms with van der Waals surface area (Å²) in [7, 11) is 0. The molecule has 0 bridgehead atoms. The zero-order valence-electron chi connectivity index (χ0n) is 18.2. The second-order valence-electron chi connectivity index (χ2n) is 7.82. The Balaban J connectivity index is 1.50. The van der Waals surface area contributed by atoms with E-state index in [1.165, 1.54) is 12.1 Å². The Morgan fingerprint density at radius 2 is 1.73 bits per heavy atom. The van der Waals surface area contributed by atoms with E-state index < -0.39 is 0 Å². The molecule has 0 radical (unpaired) electrons. The van der Waals surface area contributed by atoms with E-state index in [-0.39, 0.29) is 11.9 Å². The second kappa shape index (κ2) is 9.38. The van der Waals surface area contributed by atoms with Gasteiger partial charge in [-0.05, 0) is 42.8 Å². The second-order valence-corrected chi connectivity index (χ2v) is 7.82. The summed E-state index contributed by atoms with van der Waals surface area (Å²) in [6, 6.07) is 18.6. The Kier molecular flexibility index (Phi) is 5.99. The first-order valence-corrected chi connectivity index (χ1v) is 10.9. The quantitative estimate of drug-likeness (QED) is 0.450. The van der Waals surface area contributed by atoms with E-state index in [2.05, 4.69) is 29.4 Å². The van der Waals surface area contributed by atoms with E-state index >= 15 is 0 Å². The van der Waals surface area contributed by atoms with Crippen LogP contribution in [-0.4, -0.2) is 41.3 Å². The van der Waals surface area contributed by atoms with Crippen LogP contribution in [0.5, 0.6) is 0 Å². The molecule has 1 fully saturated rings. The molecule has 0 aliphatic carbocycles. The van der Waals surface area contributed by atoms with Crippen LogP contribution in [0.25, 0.3) is 22.7 Å². The topological polar surface area (TPSA) is 76.3 Å². The van der Waals surface area contributed by atoms with Crippen LogP contribution in [0, 0.1) is 5.82 Å². The number of hydrogen-bond donors (Lipinski definition) is 1. The van der Waals surface area contributed by atoms with Crippen LogP contribution >= 0.6 is 0 Å². The molecule has 1 aliphatic heterocycles. The first-order chi connectivity index (χ1) is 16.2. The normalized spacial score (nSPS) is 14.8. The lowest BCUT2D eigenvalue weighted by Gasteiger charge is -2.24. The fraction of sp³-hybridized carbons (Fsp3) is 0.240. The fourth-order valence-corrected chi connectivity index (χ4v) is 3.75. The van der Waals surface area contributed by atoms with Crippen LogP contribution in [-0.2, 0) is 4.74 Å². The average molecular weight is 445 g/mol. The number of halogens is 1. The number of oxazole rings is 1. The molecule has 1 N–H and O–H groups in total. The first-order valence-electron chi connectivity index (χ1n) is 10.9. The summed E-state index contributed by atoms with van der Waals surface area (Å²) >= 11 is 0. The highest BCUT2D eigenvalue weighted by Gasteiger charge is 2.23. The molecule has 1 aliphatic rings. The number of nitrogens with zero attached hydrogens (tertiary/aromatic N) is 4. The van der Waals surface area contributed by atoms with Crippen LogP contribution in [0.15, 0.2) is 71.3 Å². The third-order valence-electron chi connectivity index (χ3n) is 5.55. The Bertz CT molecular complexity index is 1210. The zero-order chi connectivity index (χ0) is 22.6. The number of hydrogen-bond acceptors (Lipinski definition) is 7. The maximum Gasteiger partial charge on any atom is 0.298 e. The first kappa shape index (κ1) is 21.1. The smallest absolute Gasteiger partial charge is 0.298 e. The largest absolute Gasteiger partial charge is 0.421 e. The highest BCUT2D eigenvalue weighted by atomic mass is 19.1. The number of aromatic nitrogens is 3. The van der Waals surface area contributed by atoms with Crippen LogP contribution in [0.4, 0.5) is 16.4 Å². The highest BCUT2D eigenvalue weighted by molar-refractivity contribution is 5.76. The molecule has 0 amide bonds. The molecule has 2 aromatic heterocycles. The van der Waals surface area contributed by atoms with Gasteiger partial charge in [0.05, 0.1) is 19.3 Å². The molecule has 0 saturated carbocycles. The van der Waals surface area contributed by atoms with Gasteiger partial charge in [0.2, 0.25) is 5.95 Å². The van der Waals surface area contributed by atoms with Crippen molar-refractivity contribution in [1.29, 1.82) is 0 Å². The fourth-order valence-electron chi connectivity index (χ4n) is 3.75. The zero-order valence-corrected chi connectivity index (χ0v) is 18.2. The summed E-state index contributed by atoms with van der Waals surface area (Å²) in [4.78, 5) is 15.9. The summed E-state index contributed by atoms with van der Waals surface area (Å²) in [5.41, 5.74) is 3.09. The molecule has 33 heavy (non-hydrogen) atoms. The summed E-state index contributed by atoms with van der Waals surface area (Å²) in [6.45, 7) is 4.66. The van der Waals surface area contributed by atoms with Gasteiger partial charge in [-0.1, -0.05) is 30.3 Å². The minimum Gasteiger partial charge on any atom is -0.421 e. The van der Waals surface area contributed by atoms with Gasteiger partial charge in [-0.3, -0.25) is 0 Å². The van der Waals surface area contributed by atoms with Crippen molar-refractivity contribution in [2.24, 2.45) is 0 Å². The van der Waals surface area contributed by atoms with Crippen LogP contribution in [0.3, 0.4) is 0 Å². The molecule has 2 aromatic carbocycles. The van der Waals surface area contributed by atoms with E-state index in [9.17, 15) is 4.39 Å². The maximum atomic E-state index is 13.5. The van der Waals surface area contributed by atoms with Crippen molar-refractivity contribution >= 4 is 12.0 Å². The van der Waals surface area contributed by atoms with Crippen molar-refractivity contribution in [2.45, 2.75) is 13.0 Å². The third-order valence-corrected chi connectivity index (χ3v) is 5.55. The van der Waals surface area contributed by atoms with E-state index in [4.69, 9.17) is 19.1 Å². The lowest BCUT2D eigenvalue weighted by Crippen LogP contribution is -2.36. The molecule has 1 atom stereocenters. The molecule has 5 rings (SSSR count). The van der Waals surface area contributed by atoms with Crippen molar-refractivity contribution in [3.8, 4) is 22.7 Å². The summed E-state index contributed by atoms with van der Waals surface area (Å²) < 4.78 is 25.2. The van der Waals surface area contributed by atoms with Gasteiger partial charge < -0.3 is 19.4 Å². The van der Waals surface area contributed by atoms with Gasteiger partial charge >= 0.3 is 0 Å². The standard InChI is InChI=1S/C25H24FN5O2/c1-17(18-5-3-2-4-6-18)28-24-27-12-11-21(29-24)23-22(19-7-9-20(26)10-8-19)30-25(33-23)31-13-15-32-16-14-31/h2-12,17H,13-16H2,1H3,(H,27,28,29)/t17-/m0/s1. The molecular weight excluding hydrogens is 421 g/mol. The Morgan fingerprint density at radius 3 is 2.48 bits per heavy atom. The number of rotatable bonds is 6. The Labute approximate surface area is 191 Å². The maximum absolute atomic E-state index is 13.5. The van der Waals surface area contributed by atoms with Gasteiger partial charge in [-0.25, -0.2) is 14.4 Å². The molecule has 0 spiro atoms. The molecule has 0 unspecified atom stereocenters. The lowest BCUT2D eigenvalue weighted by molar-refractivity contribution is 0.120. The van der Waals surface area contributed by atoms with Crippen molar-refractivity contribution in [2.75, 3.05) is 36.5 Å². The predicted molar refractivity (Wildman–Crippen MR) is 124 cm³/mol. The number of morpholine rings is 1. The van der Waals surface area contributed by atoms with Crippen LogP contribution < -0.4 is 10.2 Å². The minimum absolute atomic E-state index is 0.0247. The SMILES string of the molecule is C[C@H](Nc1nccc(-c2oc(N3CCOCC3)nc2-c2ccc(F)cc2)n1)c1ccccc1. The summed E-state index contributed by atoms with van der Waals surface area (Å²) in [5, 5.41) is 3.34. The van der Waals surface area contributed by atoms with Gasteiger partial charge in [0.25, 0.3) is 6.01 Å². The van der Waals surface area contributed by atoms with E-state index in [1.54, 1.807) is 24.4 Å². The van der Waals surface area contributed by atoms with Crippen molar-refractivity contribution in [3.63, 3.8) is 0 Å². The van der Waals surface area contributed by atoms with Gasteiger partial charge in [-0.2, -0.15) is 4.98 Å². The lowest BCUT2D eigenvalue weighted by atomic mass is 10.1. The Hall–Kier alpha value is -3.78. The third kappa shape index (κ3) is 4.70. The molecule has 1 saturated heterocycles. The predicted octanol–water partition coefficient (Wildman–Crippen LogP) is 4.95. The Morgan fingerprint density at radius 1 is 0.970 bits per heavy atom. The summed E-state index contributed by atoms with van der Waals surface area (Å²) in [5.74, 6) is 0.694. The molecule has 7 nitrogen and oxygen atoms in total. The van der Waals surface area contributed by atoms with Crippen LogP contribution in [0.2, 0.25) is 0 Å². The molecule has 168 valence electrons. The number of benzene rings is 2. The average Bonchev–Trinajstić information content (AvgIpc) is 3.31.